The highest BCUT2D eigenvalue weighted by Gasteiger charge is 2.27. The van der Waals surface area contributed by atoms with Gasteiger partial charge in [0.25, 0.3) is 0 Å². The van der Waals surface area contributed by atoms with Crippen LogP contribution in [0.5, 0.6) is 5.75 Å². The van der Waals surface area contributed by atoms with Crippen molar-refractivity contribution in [2.75, 3.05) is 26.4 Å². The molecule has 2 aliphatic heterocycles. The van der Waals surface area contributed by atoms with Crippen molar-refractivity contribution in [3.8, 4) is 5.75 Å². The molecule has 1 aromatic rings. The summed E-state index contributed by atoms with van der Waals surface area (Å²) in [6, 6.07) is 3.92. The average molecular weight is 509 g/mol. The Labute approximate surface area is 212 Å². The van der Waals surface area contributed by atoms with E-state index in [-0.39, 0.29) is 38.0 Å². The van der Waals surface area contributed by atoms with E-state index in [1.807, 2.05) is 13.8 Å². The molecule has 4 atom stereocenters. The normalized spacial score (nSPS) is 22.4. The van der Waals surface area contributed by atoms with Crippen LogP contribution < -0.4 is 26.4 Å². The molecule has 2 heterocycles. The maximum absolute atomic E-state index is 13.2. The number of ether oxygens (including phenoxy) is 2. The zero-order valence-corrected chi connectivity index (χ0v) is 21.1. The standard InChI is InChI=1S/C25H40N4O7/c1-16(2)22-15-35-12-10-18(30)14-36-19-8-6-17(7-9-19)13-21(23(31)27-22)29-25(34)28-20(24(32)33)5-3-4-11-26/h6-9,16,18,20-22,30H,3-5,10-15,26H2,1-2H3,(H,27,31)(H,32,33)(H2,28,29,34)/t18?,20?,21-,22-/m1/s1. The van der Waals surface area contributed by atoms with E-state index in [9.17, 15) is 24.6 Å². The van der Waals surface area contributed by atoms with Gasteiger partial charge in [-0.25, -0.2) is 9.59 Å². The van der Waals surface area contributed by atoms with Crippen LogP contribution in [0.1, 0.15) is 45.1 Å². The fourth-order valence-electron chi connectivity index (χ4n) is 3.66. The molecule has 2 unspecified atom stereocenters. The van der Waals surface area contributed by atoms with Gasteiger partial charge in [0, 0.05) is 13.0 Å². The van der Waals surface area contributed by atoms with Crippen molar-refractivity contribution in [3.05, 3.63) is 29.8 Å². The van der Waals surface area contributed by atoms with Gasteiger partial charge in [-0.3, -0.25) is 4.79 Å². The van der Waals surface area contributed by atoms with Gasteiger partial charge in [-0.15, -0.1) is 0 Å². The molecule has 0 aliphatic carbocycles. The van der Waals surface area contributed by atoms with Crippen LogP contribution in [0.3, 0.4) is 0 Å². The minimum Gasteiger partial charge on any atom is -0.491 e. The predicted molar refractivity (Wildman–Crippen MR) is 134 cm³/mol. The number of urea groups is 1. The Morgan fingerprint density at radius 1 is 1.19 bits per heavy atom. The number of unbranched alkanes of at least 4 members (excludes halogenated alkanes) is 1. The van der Waals surface area contributed by atoms with Crippen LogP contribution in [0.15, 0.2) is 24.3 Å². The molecule has 11 heteroatoms. The molecule has 3 rings (SSSR count). The maximum atomic E-state index is 13.2. The van der Waals surface area contributed by atoms with E-state index in [1.54, 1.807) is 24.3 Å². The number of amides is 3. The number of fused-ring (bicyclic) bond motifs is 13. The smallest absolute Gasteiger partial charge is 0.326 e. The predicted octanol–water partition coefficient (Wildman–Crippen LogP) is 0.780. The number of carboxylic acids is 1. The number of carbonyl (C=O) groups is 3. The average Bonchev–Trinajstić information content (AvgIpc) is 2.83. The Morgan fingerprint density at radius 3 is 2.56 bits per heavy atom. The number of aliphatic hydroxyl groups excluding tert-OH is 1. The van der Waals surface area contributed by atoms with Crippen molar-refractivity contribution in [1.82, 2.24) is 16.0 Å². The number of carbonyl (C=O) groups excluding carboxylic acids is 2. The zero-order valence-electron chi connectivity index (χ0n) is 21.1. The van der Waals surface area contributed by atoms with E-state index in [2.05, 4.69) is 16.0 Å². The third-order valence-corrected chi connectivity index (χ3v) is 6.00. The lowest BCUT2D eigenvalue weighted by Gasteiger charge is -2.27. The maximum Gasteiger partial charge on any atom is 0.326 e. The second-order valence-corrected chi connectivity index (χ2v) is 9.38. The number of benzene rings is 1. The molecule has 11 nitrogen and oxygen atoms in total. The van der Waals surface area contributed by atoms with E-state index >= 15 is 0 Å². The van der Waals surface area contributed by atoms with Gasteiger partial charge in [-0.2, -0.15) is 0 Å². The van der Waals surface area contributed by atoms with Gasteiger partial charge in [-0.1, -0.05) is 26.0 Å². The minimum atomic E-state index is -1.15. The summed E-state index contributed by atoms with van der Waals surface area (Å²) in [6.07, 6.45) is 1.33. The van der Waals surface area contributed by atoms with Crippen molar-refractivity contribution >= 4 is 17.9 Å². The number of rotatable bonds is 8. The summed E-state index contributed by atoms with van der Waals surface area (Å²) in [5.41, 5.74) is 6.24. The summed E-state index contributed by atoms with van der Waals surface area (Å²) in [6.45, 7) is 5.00. The molecular weight excluding hydrogens is 468 g/mol. The van der Waals surface area contributed by atoms with Crippen molar-refractivity contribution in [3.63, 3.8) is 0 Å². The van der Waals surface area contributed by atoms with Crippen LogP contribution in [-0.4, -0.2) is 78.7 Å². The highest BCUT2D eigenvalue weighted by molar-refractivity contribution is 5.89. The molecule has 0 spiro atoms. The quantitative estimate of drug-likeness (QED) is 0.280. The topological polar surface area (TPSA) is 172 Å². The molecule has 2 aliphatic rings. The highest BCUT2D eigenvalue weighted by atomic mass is 16.5. The molecule has 36 heavy (non-hydrogen) atoms. The summed E-state index contributed by atoms with van der Waals surface area (Å²) < 4.78 is 11.3. The molecule has 0 saturated carbocycles. The molecule has 2 bridgehead atoms. The zero-order chi connectivity index (χ0) is 26.5. The largest absolute Gasteiger partial charge is 0.491 e. The first-order chi connectivity index (χ1) is 17.2. The van der Waals surface area contributed by atoms with Gasteiger partial charge in [0.2, 0.25) is 5.91 Å². The fraction of sp³-hybridized carbons (Fsp3) is 0.640. The SMILES string of the molecule is CC(C)[C@H]1COCCC(O)COc2ccc(cc2)C[C@@H](NC(=O)NC(CCCCN)C(=O)O)C(=O)N1. The number of hydrogen-bond donors (Lipinski definition) is 6. The monoisotopic (exact) mass is 508 g/mol. The molecule has 0 saturated heterocycles. The Morgan fingerprint density at radius 2 is 1.92 bits per heavy atom. The summed E-state index contributed by atoms with van der Waals surface area (Å²) in [5, 5.41) is 27.6. The third kappa shape index (κ3) is 10.4. The summed E-state index contributed by atoms with van der Waals surface area (Å²) in [5.74, 6) is -0.940. The lowest BCUT2D eigenvalue weighted by molar-refractivity contribution is -0.139. The van der Waals surface area contributed by atoms with Gasteiger partial charge in [0.1, 0.15) is 24.4 Å². The third-order valence-electron chi connectivity index (χ3n) is 6.00. The number of aliphatic hydroxyl groups is 1. The van der Waals surface area contributed by atoms with Crippen LogP contribution in [0, 0.1) is 5.92 Å². The number of carboxylic acid groups (broad SMARTS) is 1. The first kappa shape index (κ1) is 29.3. The van der Waals surface area contributed by atoms with Gasteiger partial charge in [0.15, 0.2) is 0 Å². The van der Waals surface area contributed by atoms with E-state index in [1.165, 1.54) is 0 Å². The first-order valence-corrected chi connectivity index (χ1v) is 12.5. The van der Waals surface area contributed by atoms with Crippen LogP contribution in [0.2, 0.25) is 0 Å². The highest BCUT2D eigenvalue weighted by Crippen LogP contribution is 2.15. The second kappa shape index (κ2) is 15.3. The van der Waals surface area contributed by atoms with Gasteiger partial charge >= 0.3 is 12.0 Å². The molecule has 7 N–H and O–H groups in total. The minimum absolute atomic E-state index is 0.0498. The van der Waals surface area contributed by atoms with Crippen LogP contribution in [-0.2, 0) is 20.7 Å². The summed E-state index contributed by atoms with van der Waals surface area (Å²) in [4.78, 5) is 37.5. The van der Waals surface area contributed by atoms with Crippen LogP contribution in [0.25, 0.3) is 0 Å². The number of nitrogens with one attached hydrogen (secondary N) is 3. The molecule has 0 radical (unpaired) electrons. The second-order valence-electron chi connectivity index (χ2n) is 9.38. The molecular formula is C25H40N4O7. The van der Waals surface area contributed by atoms with E-state index < -0.39 is 36.1 Å². The number of nitrogens with two attached hydrogens (primary N) is 1. The fourth-order valence-corrected chi connectivity index (χ4v) is 3.66. The van der Waals surface area contributed by atoms with Crippen LogP contribution in [0.4, 0.5) is 4.79 Å². The summed E-state index contributed by atoms with van der Waals surface area (Å²) >= 11 is 0. The van der Waals surface area contributed by atoms with E-state index in [4.69, 9.17) is 15.2 Å². The molecule has 202 valence electrons. The van der Waals surface area contributed by atoms with Crippen molar-refractivity contribution in [2.45, 2.75) is 70.2 Å². The van der Waals surface area contributed by atoms with E-state index in [0.29, 0.717) is 38.2 Å². The van der Waals surface area contributed by atoms with Gasteiger partial charge in [0.05, 0.1) is 18.8 Å². The Kier molecular flexibility index (Phi) is 12.4. The Balaban J connectivity index is 2.19. The molecule has 1 aromatic carbocycles. The lowest BCUT2D eigenvalue weighted by Crippen LogP contribution is -2.56. The summed E-state index contributed by atoms with van der Waals surface area (Å²) in [7, 11) is 0. The lowest BCUT2D eigenvalue weighted by atomic mass is 10.0. The molecule has 0 fully saturated rings. The van der Waals surface area contributed by atoms with Crippen molar-refractivity contribution < 1.29 is 34.1 Å². The number of hydrogen-bond acceptors (Lipinski definition) is 7. The van der Waals surface area contributed by atoms with E-state index in [0.717, 1.165) is 5.56 Å². The van der Waals surface area contributed by atoms with Crippen molar-refractivity contribution in [2.24, 2.45) is 11.7 Å². The Bertz CT molecular complexity index is 834. The van der Waals surface area contributed by atoms with Gasteiger partial charge < -0.3 is 41.4 Å². The first-order valence-electron chi connectivity index (χ1n) is 12.5. The molecule has 0 aromatic heterocycles. The van der Waals surface area contributed by atoms with Gasteiger partial charge in [-0.05, 0) is 55.8 Å². The molecule has 3 amide bonds. The Hall–Kier alpha value is -2.89. The number of aliphatic carboxylic acids is 1. The van der Waals surface area contributed by atoms with Crippen molar-refractivity contribution in [1.29, 1.82) is 0 Å². The van der Waals surface area contributed by atoms with Crippen LogP contribution >= 0.6 is 0 Å².